The molecule has 0 aliphatic carbocycles. The fourth-order valence-electron chi connectivity index (χ4n) is 2.98. The predicted octanol–water partition coefficient (Wildman–Crippen LogP) is 6.27. The first-order valence-corrected chi connectivity index (χ1v) is 11.9. The Morgan fingerprint density at radius 3 is 1.91 bits per heavy atom. The van der Waals surface area contributed by atoms with Gasteiger partial charge in [0, 0.05) is 0 Å². The highest BCUT2D eigenvalue weighted by atomic mass is 35.5. The summed E-state index contributed by atoms with van der Waals surface area (Å²) in [6, 6.07) is 4.99. The van der Waals surface area contributed by atoms with Gasteiger partial charge in [0.2, 0.25) is 6.04 Å². The maximum absolute atomic E-state index is 13.0. The molecule has 2 aromatic carbocycles. The zero-order chi connectivity index (χ0) is 26.0. The second-order valence-corrected chi connectivity index (χ2v) is 7.68. The van der Waals surface area contributed by atoms with Gasteiger partial charge in [-0.15, -0.1) is 5.11 Å². The van der Waals surface area contributed by atoms with Gasteiger partial charge in [-0.3, -0.25) is 9.59 Å². The first kappa shape index (κ1) is 28.2. The average Bonchev–Trinajstić information content (AvgIpc) is 2.81. The molecule has 0 aliphatic rings. The lowest BCUT2D eigenvalue weighted by atomic mass is 10.2. The molecule has 2 rings (SSSR count). The zero-order valence-corrected chi connectivity index (χ0v) is 21.8. The van der Waals surface area contributed by atoms with Crippen LogP contribution in [0.25, 0.3) is 0 Å². The number of nitrogens with zero attached hydrogens (tertiary/aromatic N) is 2. The molecule has 1 amide bonds. The zero-order valence-electron chi connectivity index (χ0n) is 20.3. The van der Waals surface area contributed by atoms with Crippen LogP contribution in [-0.4, -0.2) is 44.2 Å². The third kappa shape index (κ3) is 7.22. The summed E-state index contributed by atoms with van der Waals surface area (Å²) in [7, 11) is 0. The highest BCUT2D eigenvalue weighted by molar-refractivity contribution is 6.35. The molecular formula is C24H29Cl2N3O6. The van der Waals surface area contributed by atoms with Crippen molar-refractivity contribution in [3.05, 3.63) is 34.3 Å². The van der Waals surface area contributed by atoms with Gasteiger partial charge in [-0.1, -0.05) is 23.2 Å². The molecule has 0 aromatic heterocycles. The van der Waals surface area contributed by atoms with Crippen molar-refractivity contribution in [1.29, 1.82) is 0 Å². The second-order valence-electron chi connectivity index (χ2n) is 6.93. The minimum atomic E-state index is -1.46. The van der Waals surface area contributed by atoms with Crippen molar-refractivity contribution < 1.29 is 28.5 Å². The van der Waals surface area contributed by atoms with E-state index in [4.69, 9.17) is 42.1 Å². The van der Waals surface area contributed by atoms with Crippen LogP contribution in [0.4, 0.5) is 11.4 Å². The lowest BCUT2D eigenvalue weighted by Crippen LogP contribution is -2.32. The van der Waals surface area contributed by atoms with Crippen LogP contribution in [0.3, 0.4) is 0 Å². The van der Waals surface area contributed by atoms with Gasteiger partial charge in [0.25, 0.3) is 5.91 Å². The summed E-state index contributed by atoms with van der Waals surface area (Å²) in [5, 5.41) is 11.1. The van der Waals surface area contributed by atoms with Crippen LogP contribution in [0.5, 0.6) is 23.0 Å². The van der Waals surface area contributed by atoms with Crippen LogP contribution in [-0.2, 0) is 9.59 Å². The number of hydrogen-bond acceptors (Lipinski definition) is 8. The maximum atomic E-state index is 13.0. The number of anilines is 1. The number of nitrogens with one attached hydrogen (secondary N) is 1. The van der Waals surface area contributed by atoms with Gasteiger partial charge in [-0.2, -0.15) is 5.11 Å². The Hall–Kier alpha value is -3.04. The summed E-state index contributed by atoms with van der Waals surface area (Å²) in [5.74, 6) is 0.0865. The van der Waals surface area contributed by atoms with Crippen molar-refractivity contribution in [3.63, 3.8) is 0 Å². The lowest BCUT2D eigenvalue weighted by molar-refractivity contribution is -0.126. The normalized spacial score (nSPS) is 11.7. The Balaban J connectivity index is 2.40. The van der Waals surface area contributed by atoms with E-state index >= 15 is 0 Å². The van der Waals surface area contributed by atoms with Crippen LogP contribution in [0, 0.1) is 0 Å². The summed E-state index contributed by atoms with van der Waals surface area (Å²) < 4.78 is 22.1. The number of ketones is 1. The minimum absolute atomic E-state index is 0.151. The van der Waals surface area contributed by atoms with Crippen LogP contribution >= 0.6 is 23.2 Å². The molecule has 0 bridgehead atoms. The van der Waals surface area contributed by atoms with Gasteiger partial charge in [-0.25, -0.2) is 0 Å². The molecule has 1 atom stereocenters. The van der Waals surface area contributed by atoms with Gasteiger partial charge >= 0.3 is 0 Å². The van der Waals surface area contributed by atoms with Crippen molar-refractivity contribution in [2.75, 3.05) is 31.7 Å². The fraction of sp³-hybridized carbons (Fsp3) is 0.417. The Morgan fingerprint density at radius 1 is 0.829 bits per heavy atom. The van der Waals surface area contributed by atoms with Crippen LogP contribution in [0.15, 0.2) is 34.5 Å². The Morgan fingerprint density at radius 2 is 1.34 bits per heavy atom. The molecule has 0 spiro atoms. The molecule has 190 valence electrons. The second kappa shape index (κ2) is 13.7. The first-order valence-electron chi connectivity index (χ1n) is 11.2. The largest absolute Gasteiger partial charge is 0.492 e. The quantitative estimate of drug-likeness (QED) is 0.244. The predicted molar refractivity (Wildman–Crippen MR) is 135 cm³/mol. The van der Waals surface area contributed by atoms with Crippen molar-refractivity contribution in [3.8, 4) is 23.0 Å². The monoisotopic (exact) mass is 525 g/mol. The lowest BCUT2D eigenvalue weighted by Gasteiger charge is -2.17. The molecule has 0 saturated heterocycles. The molecule has 1 unspecified atom stereocenters. The van der Waals surface area contributed by atoms with E-state index in [0.717, 1.165) is 0 Å². The van der Waals surface area contributed by atoms with Gasteiger partial charge < -0.3 is 24.3 Å². The summed E-state index contributed by atoms with van der Waals surface area (Å²) in [6.45, 7) is 9.88. The molecule has 11 heteroatoms. The van der Waals surface area contributed by atoms with Crippen LogP contribution < -0.4 is 24.3 Å². The van der Waals surface area contributed by atoms with E-state index in [0.29, 0.717) is 43.7 Å². The van der Waals surface area contributed by atoms with E-state index in [1.54, 1.807) is 38.1 Å². The number of rotatable bonds is 13. The van der Waals surface area contributed by atoms with Crippen LogP contribution in [0.1, 0.15) is 34.6 Å². The Bertz CT molecular complexity index is 1080. The van der Waals surface area contributed by atoms with Gasteiger partial charge in [0.15, 0.2) is 11.5 Å². The summed E-state index contributed by atoms with van der Waals surface area (Å²) >= 11 is 12.8. The average molecular weight is 526 g/mol. The molecule has 35 heavy (non-hydrogen) atoms. The van der Waals surface area contributed by atoms with E-state index in [2.05, 4.69) is 15.5 Å². The van der Waals surface area contributed by atoms with E-state index in [1.807, 2.05) is 13.8 Å². The Kier molecular flexibility index (Phi) is 11.1. The van der Waals surface area contributed by atoms with Crippen LogP contribution in [0.2, 0.25) is 10.0 Å². The number of Topliss-reactive ketones (excluding diaryl/α,β-unsaturated/α-hetero) is 1. The molecular weight excluding hydrogens is 497 g/mol. The van der Waals surface area contributed by atoms with Gasteiger partial charge in [0.1, 0.15) is 33.0 Å². The van der Waals surface area contributed by atoms with Crippen molar-refractivity contribution >= 4 is 46.3 Å². The number of halogens is 2. The standard InChI is InChI=1S/C24H29Cl2N3O6/c1-6-32-16-12-13-18(34-8-3)22(19(16)25)29-28-21(14(5)30)24(31)27-15-10-11-17(33-7-2)20(26)23(15)35-9-4/h10-13,21H,6-9H2,1-5H3,(H,27,31). The third-order valence-corrected chi connectivity index (χ3v) is 5.18. The maximum Gasteiger partial charge on any atom is 0.258 e. The van der Waals surface area contributed by atoms with E-state index in [9.17, 15) is 9.59 Å². The fourth-order valence-corrected chi connectivity index (χ4v) is 3.51. The first-order chi connectivity index (χ1) is 16.8. The number of hydrogen-bond donors (Lipinski definition) is 1. The topological polar surface area (TPSA) is 108 Å². The summed E-state index contributed by atoms with van der Waals surface area (Å²) in [4.78, 5) is 25.3. The number of amides is 1. The number of carbonyl (C=O) groups is 2. The molecule has 2 aromatic rings. The molecule has 1 N–H and O–H groups in total. The van der Waals surface area contributed by atoms with Crippen molar-refractivity contribution in [2.45, 2.75) is 40.7 Å². The number of carbonyl (C=O) groups excluding carboxylic acids is 2. The highest BCUT2D eigenvalue weighted by Gasteiger charge is 2.26. The van der Waals surface area contributed by atoms with Gasteiger partial charge in [0.05, 0.1) is 32.1 Å². The summed E-state index contributed by atoms with van der Waals surface area (Å²) in [5.41, 5.74) is 0.413. The smallest absolute Gasteiger partial charge is 0.258 e. The number of ether oxygens (including phenoxy) is 4. The van der Waals surface area contributed by atoms with E-state index in [-0.39, 0.29) is 27.2 Å². The van der Waals surface area contributed by atoms with E-state index < -0.39 is 17.7 Å². The third-order valence-electron chi connectivity index (χ3n) is 4.46. The SMILES string of the molecule is CCOc1ccc(OCC)c(N=NC(C(C)=O)C(=O)Nc2ccc(OCC)c(Cl)c2OCC)c1Cl. The molecule has 0 radical (unpaired) electrons. The molecule has 9 nitrogen and oxygen atoms in total. The van der Waals surface area contributed by atoms with Crippen molar-refractivity contribution in [2.24, 2.45) is 10.2 Å². The molecule has 0 fully saturated rings. The summed E-state index contributed by atoms with van der Waals surface area (Å²) in [6.07, 6.45) is 0. The molecule has 0 saturated carbocycles. The Labute approximate surface area is 214 Å². The van der Waals surface area contributed by atoms with Gasteiger partial charge in [-0.05, 0) is 58.9 Å². The minimum Gasteiger partial charge on any atom is -0.492 e. The van der Waals surface area contributed by atoms with E-state index in [1.165, 1.54) is 6.92 Å². The van der Waals surface area contributed by atoms with Crippen molar-refractivity contribution in [1.82, 2.24) is 0 Å². The molecule has 0 heterocycles. The number of benzene rings is 2. The highest BCUT2D eigenvalue weighted by Crippen LogP contribution is 2.43. The number of azo groups is 1. The molecule has 0 aliphatic heterocycles.